The van der Waals surface area contributed by atoms with E-state index in [1.165, 1.54) is 13.8 Å². The van der Waals surface area contributed by atoms with Crippen LogP contribution in [0, 0.1) is 5.41 Å². The lowest BCUT2D eigenvalue weighted by atomic mass is 9.87. The van der Waals surface area contributed by atoms with Gasteiger partial charge in [-0.1, -0.05) is 6.92 Å². The van der Waals surface area contributed by atoms with Crippen molar-refractivity contribution in [3.8, 4) is 0 Å². The summed E-state index contributed by atoms with van der Waals surface area (Å²) in [6.45, 7) is 9.09. The van der Waals surface area contributed by atoms with Crippen molar-refractivity contribution in [2.45, 2.75) is 71.8 Å². The van der Waals surface area contributed by atoms with E-state index in [0.717, 1.165) is 14.0 Å². The Morgan fingerprint density at radius 2 is 1.50 bits per heavy atom. The van der Waals surface area contributed by atoms with Crippen molar-refractivity contribution >= 4 is 5.97 Å². The molecule has 0 fully saturated rings. The highest BCUT2D eigenvalue weighted by Gasteiger charge is 2.55. The van der Waals surface area contributed by atoms with Gasteiger partial charge in [0.15, 0.2) is 5.60 Å². The van der Waals surface area contributed by atoms with Crippen LogP contribution in [-0.4, -0.2) is 30.5 Å². The van der Waals surface area contributed by atoms with E-state index in [1.54, 1.807) is 13.8 Å². The summed E-state index contributed by atoms with van der Waals surface area (Å²) in [5.41, 5.74) is -4.35. The smallest absolute Gasteiger partial charge is 0.417 e. The lowest BCUT2D eigenvalue weighted by Gasteiger charge is -2.38. The number of alkyl halides is 3. The average molecular weight is 298 g/mol. The highest BCUT2D eigenvalue weighted by atomic mass is 19.4. The minimum Gasteiger partial charge on any atom is -0.459 e. The highest BCUT2D eigenvalue weighted by molar-refractivity contribution is 5.76. The van der Waals surface area contributed by atoms with Crippen LogP contribution < -0.4 is 0 Å². The minimum atomic E-state index is -4.54. The Hall–Kier alpha value is -0.780. The zero-order valence-electron chi connectivity index (χ0n) is 13.3. The Morgan fingerprint density at radius 3 is 1.80 bits per heavy atom. The summed E-state index contributed by atoms with van der Waals surface area (Å²) in [5, 5.41) is 0. The van der Waals surface area contributed by atoms with Gasteiger partial charge in [0.05, 0.1) is 5.41 Å². The second-order valence-electron chi connectivity index (χ2n) is 6.50. The molecule has 0 rings (SSSR count). The summed E-state index contributed by atoms with van der Waals surface area (Å²) < 4.78 is 48.9. The van der Waals surface area contributed by atoms with Crippen molar-refractivity contribution in [1.29, 1.82) is 0 Å². The molecule has 0 amide bonds. The molecule has 20 heavy (non-hydrogen) atoms. The Morgan fingerprint density at radius 1 is 1.05 bits per heavy atom. The van der Waals surface area contributed by atoms with E-state index >= 15 is 0 Å². The van der Waals surface area contributed by atoms with Gasteiger partial charge < -0.3 is 9.47 Å². The van der Waals surface area contributed by atoms with Crippen LogP contribution in [0.4, 0.5) is 13.2 Å². The quantitative estimate of drug-likeness (QED) is 0.692. The number of ether oxygens (including phenoxy) is 2. The summed E-state index contributed by atoms with van der Waals surface area (Å²) in [4.78, 5) is 12.0. The van der Waals surface area contributed by atoms with Crippen LogP contribution in [0.3, 0.4) is 0 Å². The second-order valence-corrected chi connectivity index (χ2v) is 6.50. The first-order chi connectivity index (χ1) is 8.71. The molecule has 0 bridgehead atoms. The van der Waals surface area contributed by atoms with E-state index in [9.17, 15) is 18.0 Å². The van der Waals surface area contributed by atoms with Gasteiger partial charge in [-0.15, -0.1) is 0 Å². The van der Waals surface area contributed by atoms with Gasteiger partial charge in [-0.3, -0.25) is 4.79 Å². The van der Waals surface area contributed by atoms with Crippen molar-refractivity contribution in [2.75, 3.05) is 7.11 Å². The van der Waals surface area contributed by atoms with Gasteiger partial charge in [-0.25, -0.2) is 0 Å². The van der Waals surface area contributed by atoms with Crippen LogP contribution in [0.5, 0.6) is 0 Å². The Labute approximate surface area is 118 Å². The lowest BCUT2D eigenvalue weighted by Crippen LogP contribution is -2.50. The van der Waals surface area contributed by atoms with Crippen LogP contribution >= 0.6 is 0 Å². The topological polar surface area (TPSA) is 35.5 Å². The summed E-state index contributed by atoms with van der Waals surface area (Å²) in [7, 11) is 1.00. The fourth-order valence-corrected chi connectivity index (χ4v) is 1.67. The zero-order chi connectivity index (χ0) is 16.4. The third-order valence-corrected chi connectivity index (χ3v) is 3.62. The fraction of sp³-hybridized carbons (Fsp3) is 0.929. The van der Waals surface area contributed by atoms with Crippen LogP contribution in [0.15, 0.2) is 0 Å². The molecule has 0 aromatic carbocycles. The lowest BCUT2D eigenvalue weighted by molar-refractivity contribution is -0.277. The average Bonchev–Trinajstić information content (AvgIpc) is 2.25. The monoisotopic (exact) mass is 298 g/mol. The molecule has 3 nitrogen and oxygen atoms in total. The van der Waals surface area contributed by atoms with Crippen LogP contribution in [-0.2, 0) is 14.3 Å². The van der Waals surface area contributed by atoms with E-state index < -0.39 is 35.2 Å². The molecule has 1 unspecified atom stereocenters. The molecule has 0 radical (unpaired) electrons. The van der Waals surface area contributed by atoms with Crippen LogP contribution in [0.2, 0.25) is 0 Å². The predicted molar refractivity (Wildman–Crippen MR) is 70.3 cm³/mol. The maximum atomic E-state index is 13.0. The van der Waals surface area contributed by atoms with Crippen LogP contribution in [0.25, 0.3) is 0 Å². The first-order valence-corrected chi connectivity index (χ1v) is 6.56. The van der Waals surface area contributed by atoms with Crippen molar-refractivity contribution in [1.82, 2.24) is 0 Å². The molecule has 0 aliphatic rings. The van der Waals surface area contributed by atoms with Gasteiger partial charge >= 0.3 is 12.1 Å². The highest BCUT2D eigenvalue weighted by Crippen LogP contribution is 2.40. The van der Waals surface area contributed by atoms with Crippen molar-refractivity contribution in [3.63, 3.8) is 0 Å². The number of carbonyl (C=O) groups excluding carboxylic acids is 1. The number of hydrogen-bond donors (Lipinski definition) is 0. The molecule has 0 aromatic rings. The predicted octanol–water partition coefficient (Wildman–Crippen LogP) is 4.10. The van der Waals surface area contributed by atoms with Gasteiger partial charge in [0.1, 0.15) is 5.60 Å². The Balaban J connectivity index is 5.04. The number of carbonyl (C=O) groups is 1. The van der Waals surface area contributed by atoms with Crippen molar-refractivity contribution < 1.29 is 27.4 Å². The molecule has 0 saturated carbocycles. The molecule has 0 aliphatic carbocycles. The molecule has 0 heterocycles. The normalized spacial score (nSPS) is 16.7. The summed E-state index contributed by atoms with van der Waals surface area (Å²) in [6, 6.07) is 0. The van der Waals surface area contributed by atoms with E-state index in [2.05, 4.69) is 4.74 Å². The third-order valence-electron chi connectivity index (χ3n) is 3.62. The standard InChI is InChI=1S/C14H25F3O3/c1-8-11(2,3)10(18)20-12(4,5)9-13(6,19-7)14(15,16)17/h8-9H2,1-7H3. The van der Waals surface area contributed by atoms with Crippen molar-refractivity contribution in [2.24, 2.45) is 5.41 Å². The molecule has 120 valence electrons. The molecular weight excluding hydrogens is 273 g/mol. The Kier molecular flexibility index (Phi) is 5.69. The number of rotatable bonds is 6. The largest absolute Gasteiger partial charge is 0.459 e. The van der Waals surface area contributed by atoms with Gasteiger partial charge in [0.2, 0.25) is 0 Å². The molecule has 6 heteroatoms. The first-order valence-electron chi connectivity index (χ1n) is 6.56. The van der Waals surface area contributed by atoms with Gasteiger partial charge in [0, 0.05) is 13.5 Å². The zero-order valence-corrected chi connectivity index (χ0v) is 13.3. The number of esters is 1. The molecule has 1 atom stereocenters. The summed E-state index contributed by atoms with van der Waals surface area (Å²) in [6.07, 6.45) is -4.46. The number of methoxy groups -OCH3 is 1. The van der Waals surface area contributed by atoms with E-state index in [0.29, 0.717) is 6.42 Å². The fourth-order valence-electron chi connectivity index (χ4n) is 1.67. The first kappa shape index (κ1) is 19.2. The number of halogens is 3. The maximum absolute atomic E-state index is 13.0. The third kappa shape index (κ3) is 4.65. The van der Waals surface area contributed by atoms with E-state index in [-0.39, 0.29) is 0 Å². The molecule has 0 aromatic heterocycles. The molecule has 0 N–H and O–H groups in total. The van der Waals surface area contributed by atoms with Gasteiger partial charge in [-0.05, 0) is 41.0 Å². The summed E-state index contributed by atoms with van der Waals surface area (Å²) in [5.74, 6) is -0.509. The molecule has 0 spiro atoms. The summed E-state index contributed by atoms with van der Waals surface area (Å²) >= 11 is 0. The minimum absolute atomic E-state index is 0.467. The second kappa shape index (κ2) is 5.92. The maximum Gasteiger partial charge on any atom is 0.417 e. The Bertz CT molecular complexity index is 348. The number of hydrogen-bond acceptors (Lipinski definition) is 3. The SMILES string of the molecule is CCC(C)(C)C(=O)OC(C)(C)CC(C)(OC)C(F)(F)F. The van der Waals surface area contributed by atoms with E-state index in [1.807, 2.05) is 6.92 Å². The van der Waals surface area contributed by atoms with E-state index in [4.69, 9.17) is 4.74 Å². The van der Waals surface area contributed by atoms with Crippen molar-refractivity contribution in [3.05, 3.63) is 0 Å². The van der Waals surface area contributed by atoms with Crippen LogP contribution in [0.1, 0.15) is 54.4 Å². The van der Waals surface area contributed by atoms with Gasteiger partial charge in [0.25, 0.3) is 0 Å². The molecule has 0 aliphatic heterocycles. The van der Waals surface area contributed by atoms with Gasteiger partial charge in [-0.2, -0.15) is 13.2 Å². The molecular formula is C14H25F3O3. The molecule has 0 saturated heterocycles.